The number of hydrogen-bond acceptors (Lipinski definition) is 2. The van der Waals surface area contributed by atoms with Crippen molar-refractivity contribution in [2.24, 2.45) is 0 Å². The minimum absolute atomic E-state index is 0.0366. The number of unbranched alkanes of at least 4 members (excludes halogenated alkanes) is 1. The number of halogens is 3. The summed E-state index contributed by atoms with van der Waals surface area (Å²) in [7, 11) is 0. The van der Waals surface area contributed by atoms with Gasteiger partial charge in [0.15, 0.2) is 0 Å². The number of carboxylic acid groups (broad SMARTS) is 1. The summed E-state index contributed by atoms with van der Waals surface area (Å²) in [5, 5.41) is 13.1. The summed E-state index contributed by atoms with van der Waals surface area (Å²) in [5.41, 5.74) is 0. The fourth-order valence-electron chi connectivity index (χ4n) is 1.16. The van der Waals surface area contributed by atoms with Gasteiger partial charge in [-0.15, -0.1) is 0 Å². The van der Waals surface area contributed by atoms with Crippen LogP contribution < -0.4 is 10.6 Å². The lowest BCUT2D eigenvalue weighted by atomic mass is 10.2. The first-order valence-electron chi connectivity index (χ1n) is 5.61. The van der Waals surface area contributed by atoms with Crippen molar-refractivity contribution in [1.82, 2.24) is 10.6 Å². The second-order valence-corrected chi connectivity index (χ2v) is 3.75. The Kier molecular flexibility index (Phi) is 7.89. The maximum absolute atomic E-state index is 11.8. The molecule has 0 aliphatic rings. The Morgan fingerprint density at radius 1 is 1.00 bits per heavy atom. The van der Waals surface area contributed by atoms with Gasteiger partial charge in [0.05, 0.1) is 0 Å². The second kappa shape index (κ2) is 8.60. The maximum atomic E-state index is 11.8. The summed E-state index contributed by atoms with van der Waals surface area (Å²) < 4.78 is 35.3. The van der Waals surface area contributed by atoms with Crippen LogP contribution in [0, 0.1) is 0 Å². The number of carbonyl (C=O) groups is 2. The molecule has 5 nitrogen and oxygen atoms in total. The predicted octanol–water partition coefficient (Wildman–Crippen LogP) is 1.88. The fraction of sp³-hybridized carbons (Fsp3) is 0.800. The first-order valence-corrected chi connectivity index (χ1v) is 5.61. The number of carbonyl (C=O) groups excluding carboxylic acids is 1. The molecule has 2 amide bonds. The van der Waals surface area contributed by atoms with Crippen LogP contribution in [-0.4, -0.2) is 36.4 Å². The first-order chi connectivity index (χ1) is 8.31. The number of rotatable bonds is 8. The number of urea groups is 1. The molecule has 18 heavy (non-hydrogen) atoms. The van der Waals surface area contributed by atoms with Crippen LogP contribution in [0.2, 0.25) is 0 Å². The molecule has 0 aromatic heterocycles. The highest BCUT2D eigenvalue weighted by molar-refractivity contribution is 5.73. The average molecular weight is 270 g/mol. The number of carboxylic acids is 1. The van der Waals surface area contributed by atoms with Crippen molar-refractivity contribution >= 4 is 12.0 Å². The lowest BCUT2D eigenvalue weighted by Gasteiger charge is -2.08. The van der Waals surface area contributed by atoms with Gasteiger partial charge in [-0.05, 0) is 19.3 Å². The van der Waals surface area contributed by atoms with Gasteiger partial charge in [0.25, 0.3) is 0 Å². The Hall–Kier alpha value is -1.47. The standard InChI is InChI=1S/C10H17F3N2O3/c11-10(12,13)5-3-7-15-9(18)14-6-2-1-4-8(16)17/h1-7H2,(H,16,17)(H2,14,15,18). The maximum Gasteiger partial charge on any atom is 0.389 e. The number of amides is 2. The van der Waals surface area contributed by atoms with E-state index in [4.69, 9.17) is 5.11 Å². The summed E-state index contributed by atoms with van der Waals surface area (Å²) in [6.45, 7) is 0.263. The van der Waals surface area contributed by atoms with Gasteiger partial charge in [0.1, 0.15) is 0 Å². The molecule has 0 atom stereocenters. The fourth-order valence-corrected chi connectivity index (χ4v) is 1.16. The highest BCUT2D eigenvalue weighted by Gasteiger charge is 2.25. The van der Waals surface area contributed by atoms with E-state index in [9.17, 15) is 22.8 Å². The third kappa shape index (κ3) is 12.6. The van der Waals surface area contributed by atoms with E-state index in [2.05, 4.69) is 10.6 Å². The largest absolute Gasteiger partial charge is 0.481 e. The molecule has 0 rings (SSSR count). The lowest BCUT2D eigenvalue weighted by Crippen LogP contribution is -2.36. The van der Waals surface area contributed by atoms with Crippen molar-refractivity contribution < 1.29 is 27.9 Å². The average Bonchev–Trinajstić information content (AvgIpc) is 2.22. The molecular weight excluding hydrogens is 253 g/mol. The third-order valence-electron chi connectivity index (χ3n) is 2.03. The Morgan fingerprint density at radius 3 is 2.06 bits per heavy atom. The Bertz CT molecular complexity index is 270. The highest BCUT2D eigenvalue weighted by atomic mass is 19.4. The van der Waals surface area contributed by atoms with Crippen LogP contribution in [0.15, 0.2) is 0 Å². The topological polar surface area (TPSA) is 78.4 Å². The van der Waals surface area contributed by atoms with Gasteiger partial charge in [-0.2, -0.15) is 13.2 Å². The monoisotopic (exact) mass is 270 g/mol. The van der Waals surface area contributed by atoms with Gasteiger partial charge < -0.3 is 15.7 Å². The third-order valence-corrected chi connectivity index (χ3v) is 2.03. The molecule has 0 saturated heterocycles. The molecule has 0 bridgehead atoms. The molecule has 0 aliphatic heterocycles. The number of nitrogens with one attached hydrogen (secondary N) is 2. The summed E-state index contributed by atoms with van der Waals surface area (Å²) in [6.07, 6.45) is -4.28. The Balaban J connectivity index is 3.35. The minimum atomic E-state index is -4.20. The molecule has 0 aliphatic carbocycles. The van der Waals surface area contributed by atoms with E-state index in [-0.39, 0.29) is 19.4 Å². The van der Waals surface area contributed by atoms with Crippen LogP contribution in [0.1, 0.15) is 32.1 Å². The van der Waals surface area contributed by atoms with Gasteiger partial charge in [0, 0.05) is 25.9 Å². The van der Waals surface area contributed by atoms with Crippen LogP contribution in [0.5, 0.6) is 0 Å². The zero-order chi connectivity index (χ0) is 14.0. The van der Waals surface area contributed by atoms with E-state index in [0.717, 1.165) is 0 Å². The highest BCUT2D eigenvalue weighted by Crippen LogP contribution is 2.20. The normalized spacial score (nSPS) is 11.1. The molecule has 8 heteroatoms. The van der Waals surface area contributed by atoms with Crippen molar-refractivity contribution in [1.29, 1.82) is 0 Å². The van der Waals surface area contributed by atoms with Crippen LogP contribution in [0.4, 0.5) is 18.0 Å². The van der Waals surface area contributed by atoms with Crippen molar-refractivity contribution in [2.45, 2.75) is 38.3 Å². The zero-order valence-electron chi connectivity index (χ0n) is 9.85. The molecule has 0 aromatic carbocycles. The molecule has 0 aromatic rings. The molecular formula is C10H17F3N2O3. The molecule has 0 radical (unpaired) electrons. The van der Waals surface area contributed by atoms with Gasteiger partial charge in [-0.3, -0.25) is 4.79 Å². The quantitative estimate of drug-likeness (QED) is 0.589. The van der Waals surface area contributed by atoms with Gasteiger partial charge in [0.2, 0.25) is 0 Å². The van der Waals surface area contributed by atoms with Crippen molar-refractivity contribution in [3.63, 3.8) is 0 Å². The summed E-state index contributed by atoms with van der Waals surface area (Å²) in [4.78, 5) is 21.2. The molecule has 3 N–H and O–H groups in total. The van der Waals surface area contributed by atoms with E-state index in [1.54, 1.807) is 0 Å². The summed E-state index contributed by atoms with van der Waals surface area (Å²) in [5.74, 6) is -0.897. The molecule has 0 saturated carbocycles. The molecule has 0 unspecified atom stereocenters. The summed E-state index contributed by atoms with van der Waals surface area (Å²) in [6, 6.07) is -0.535. The van der Waals surface area contributed by atoms with E-state index >= 15 is 0 Å². The van der Waals surface area contributed by atoms with Gasteiger partial charge >= 0.3 is 18.2 Å². The van der Waals surface area contributed by atoms with E-state index in [1.165, 1.54) is 0 Å². The summed E-state index contributed by atoms with van der Waals surface area (Å²) >= 11 is 0. The van der Waals surface area contributed by atoms with Crippen molar-refractivity contribution in [3.8, 4) is 0 Å². The minimum Gasteiger partial charge on any atom is -0.481 e. The first kappa shape index (κ1) is 16.5. The van der Waals surface area contributed by atoms with E-state index < -0.39 is 24.6 Å². The van der Waals surface area contributed by atoms with Crippen LogP contribution in [0.3, 0.4) is 0 Å². The van der Waals surface area contributed by atoms with Crippen LogP contribution in [-0.2, 0) is 4.79 Å². The zero-order valence-corrected chi connectivity index (χ0v) is 9.85. The SMILES string of the molecule is O=C(O)CCCCNC(=O)NCCCC(F)(F)F. The molecule has 106 valence electrons. The predicted molar refractivity (Wildman–Crippen MR) is 58.2 cm³/mol. The van der Waals surface area contributed by atoms with Crippen molar-refractivity contribution in [3.05, 3.63) is 0 Å². The Labute approximate surface area is 103 Å². The van der Waals surface area contributed by atoms with Crippen LogP contribution in [0.25, 0.3) is 0 Å². The smallest absolute Gasteiger partial charge is 0.389 e. The van der Waals surface area contributed by atoms with E-state index in [0.29, 0.717) is 19.4 Å². The molecule has 0 spiro atoms. The number of hydrogen-bond donors (Lipinski definition) is 3. The van der Waals surface area contributed by atoms with Crippen molar-refractivity contribution in [2.75, 3.05) is 13.1 Å². The van der Waals surface area contributed by atoms with E-state index in [1.807, 2.05) is 0 Å². The molecule has 0 heterocycles. The van der Waals surface area contributed by atoms with Crippen LogP contribution >= 0.6 is 0 Å². The Morgan fingerprint density at radius 2 is 1.56 bits per heavy atom. The number of alkyl halides is 3. The molecule has 0 fully saturated rings. The number of aliphatic carboxylic acids is 1. The lowest BCUT2D eigenvalue weighted by molar-refractivity contribution is -0.137. The van der Waals surface area contributed by atoms with Gasteiger partial charge in [-0.1, -0.05) is 0 Å². The second-order valence-electron chi connectivity index (χ2n) is 3.75. The van der Waals surface area contributed by atoms with Gasteiger partial charge in [-0.25, -0.2) is 4.79 Å².